The van der Waals surface area contributed by atoms with Crippen LogP contribution in [0.3, 0.4) is 0 Å². The molecule has 3 atom stereocenters. The van der Waals surface area contributed by atoms with E-state index in [4.69, 9.17) is 5.11 Å². The van der Waals surface area contributed by atoms with Crippen LogP contribution in [-0.2, 0) is 4.79 Å². The summed E-state index contributed by atoms with van der Waals surface area (Å²) in [7, 11) is 0. The molecule has 2 aliphatic heterocycles. The summed E-state index contributed by atoms with van der Waals surface area (Å²) in [6.07, 6.45) is -1.52. The zero-order valence-corrected chi connectivity index (χ0v) is 7.11. The molecule has 0 saturated carbocycles. The first-order valence-electron chi connectivity index (χ1n) is 4.35. The van der Waals surface area contributed by atoms with Crippen molar-refractivity contribution in [3.8, 4) is 0 Å². The van der Waals surface area contributed by atoms with E-state index in [-0.39, 0.29) is 25.9 Å². The highest BCUT2D eigenvalue weighted by Crippen LogP contribution is 2.40. The van der Waals surface area contributed by atoms with E-state index in [0.717, 1.165) is 0 Å². The molecular weight excluding hydrogens is 177 g/mol. The fourth-order valence-electron chi connectivity index (χ4n) is 2.45. The van der Waals surface area contributed by atoms with Crippen LogP contribution in [0.2, 0.25) is 0 Å². The number of carbonyl (C=O) groups is 1. The highest BCUT2D eigenvalue weighted by Gasteiger charge is 2.56. The SMILES string of the molecule is O=C(O)[C@@]12CC(O)CN1C[C@H](F)C2. The maximum Gasteiger partial charge on any atom is 0.324 e. The van der Waals surface area contributed by atoms with Crippen LogP contribution in [0.1, 0.15) is 12.8 Å². The Morgan fingerprint density at radius 3 is 2.69 bits per heavy atom. The third-order valence-corrected chi connectivity index (χ3v) is 2.99. The highest BCUT2D eigenvalue weighted by atomic mass is 19.1. The number of alkyl halides is 1. The summed E-state index contributed by atoms with van der Waals surface area (Å²) in [5.41, 5.74) is -1.13. The van der Waals surface area contributed by atoms with Crippen LogP contribution in [-0.4, -0.2) is 52.0 Å². The third kappa shape index (κ3) is 1.14. The molecule has 0 aliphatic carbocycles. The predicted molar refractivity (Wildman–Crippen MR) is 42.1 cm³/mol. The van der Waals surface area contributed by atoms with Crippen LogP contribution in [0.25, 0.3) is 0 Å². The minimum absolute atomic E-state index is 0.0133. The lowest BCUT2D eigenvalue weighted by molar-refractivity contribution is -0.148. The van der Waals surface area contributed by atoms with Gasteiger partial charge in [0.1, 0.15) is 11.7 Å². The Morgan fingerprint density at radius 1 is 1.46 bits per heavy atom. The zero-order chi connectivity index (χ0) is 9.64. The van der Waals surface area contributed by atoms with Gasteiger partial charge in [-0.2, -0.15) is 0 Å². The van der Waals surface area contributed by atoms with Crippen molar-refractivity contribution in [3.05, 3.63) is 0 Å². The number of aliphatic carboxylic acids is 1. The van der Waals surface area contributed by atoms with Gasteiger partial charge >= 0.3 is 5.97 Å². The summed E-state index contributed by atoms with van der Waals surface area (Å²) in [5.74, 6) is -1.01. The molecule has 0 radical (unpaired) electrons. The molecule has 1 unspecified atom stereocenters. The van der Waals surface area contributed by atoms with Crippen molar-refractivity contribution in [1.82, 2.24) is 4.90 Å². The van der Waals surface area contributed by atoms with Crippen LogP contribution in [0.4, 0.5) is 4.39 Å². The summed E-state index contributed by atoms with van der Waals surface area (Å²) in [6.45, 7) is 0.427. The molecule has 13 heavy (non-hydrogen) atoms. The minimum atomic E-state index is -1.13. The van der Waals surface area contributed by atoms with E-state index < -0.39 is 23.8 Å². The molecule has 0 spiro atoms. The highest BCUT2D eigenvalue weighted by molar-refractivity contribution is 5.80. The number of carboxylic acids is 1. The van der Waals surface area contributed by atoms with Gasteiger partial charge in [0, 0.05) is 25.9 Å². The number of nitrogens with zero attached hydrogens (tertiary/aromatic N) is 1. The van der Waals surface area contributed by atoms with Gasteiger partial charge in [-0.1, -0.05) is 0 Å². The van der Waals surface area contributed by atoms with Crippen molar-refractivity contribution in [2.45, 2.75) is 30.7 Å². The Labute approximate surface area is 75.0 Å². The molecule has 74 valence electrons. The van der Waals surface area contributed by atoms with Gasteiger partial charge < -0.3 is 10.2 Å². The third-order valence-electron chi connectivity index (χ3n) is 2.99. The van der Waals surface area contributed by atoms with Gasteiger partial charge in [-0.3, -0.25) is 9.69 Å². The molecule has 0 aromatic carbocycles. The lowest BCUT2D eigenvalue weighted by atomic mass is 9.93. The molecule has 2 heterocycles. The Balaban J connectivity index is 2.26. The molecule has 0 aromatic heterocycles. The number of hydrogen-bond donors (Lipinski definition) is 2. The smallest absolute Gasteiger partial charge is 0.324 e. The van der Waals surface area contributed by atoms with E-state index in [1.807, 2.05) is 0 Å². The maximum atomic E-state index is 13.0. The van der Waals surface area contributed by atoms with Crippen LogP contribution in [0.5, 0.6) is 0 Å². The first-order valence-corrected chi connectivity index (χ1v) is 4.35. The lowest BCUT2D eigenvalue weighted by Gasteiger charge is -2.25. The van der Waals surface area contributed by atoms with Gasteiger partial charge in [-0.25, -0.2) is 4.39 Å². The first-order chi connectivity index (χ1) is 6.04. The van der Waals surface area contributed by atoms with Gasteiger partial charge in [0.05, 0.1) is 6.10 Å². The summed E-state index contributed by atoms with van der Waals surface area (Å²) in [4.78, 5) is 12.5. The molecule has 2 rings (SSSR count). The number of fused-ring (bicyclic) bond motifs is 1. The lowest BCUT2D eigenvalue weighted by Crippen LogP contribution is -2.45. The van der Waals surface area contributed by atoms with Gasteiger partial charge in [-0.15, -0.1) is 0 Å². The van der Waals surface area contributed by atoms with Crippen molar-refractivity contribution in [3.63, 3.8) is 0 Å². The quantitative estimate of drug-likeness (QED) is 0.590. The molecule has 0 bridgehead atoms. The van der Waals surface area contributed by atoms with Gasteiger partial charge in [0.15, 0.2) is 0 Å². The van der Waals surface area contributed by atoms with Crippen LogP contribution in [0.15, 0.2) is 0 Å². The van der Waals surface area contributed by atoms with E-state index >= 15 is 0 Å². The Kier molecular flexibility index (Phi) is 1.82. The number of aliphatic hydroxyl groups is 1. The molecule has 2 fully saturated rings. The van der Waals surface area contributed by atoms with Gasteiger partial charge in [0.2, 0.25) is 0 Å². The second-order valence-corrected chi connectivity index (χ2v) is 3.90. The number of aliphatic hydroxyl groups excluding tert-OH is 1. The van der Waals surface area contributed by atoms with E-state index in [1.54, 1.807) is 4.90 Å². The number of halogens is 1. The maximum absolute atomic E-state index is 13.0. The molecule has 0 aromatic rings. The Morgan fingerprint density at radius 2 is 2.15 bits per heavy atom. The molecular formula is C8H12FNO3. The van der Waals surface area contributed by atoms with E-state index in [1.165, 1.54) is 0 Å². The average molecular weight is 189 g/mol. The average Bonchev–Trinajstić information content (AvgIpc) is 2.40. The van der Waals surface area contributed by atoms with Crippen molar-refractivity contribution in [1.29, 1.82) is 0 Å². The fraction of sp³-hybridized carbons (Fsp3) is 0.875. The number of carboxylic acid groups (broad SMARTS) is 1. The summed E-state index contributed by atoms with van der Waals surface area (Å²) < 4.78 is 13.0. The Bertz CT molecular complexity index is 232. The first kappa shape index (κ1) is 8.90. The molecule has 2 aliphatic rings. The monoisotopic (exact) mass is 189 g/mol. The van der Waals surface area contributed by atoms with Crippen LogP contribution in [0, 0.1) is 0 Å². The summed E-state index contributed by atoms with van der Waals surface area (Å²) in [6, 6.07) is 0. The van der Waals surface area contributed by atoms with E-state index in [0.29, 0.717) is 0 Å². The normalized spacial score (nSPS) is 45.1. The standard InChI is InChI=1S/C8H12FNO3/c9-5-1-8(7(12)13)2-6(11)4-10(8)3-5/h5-6,11H,1-4H2,(H,12,13)/t5-,6?,8-/m1/s1. The molecule has 2 saturated heterocycles. The van der Waals surface area contributed by atoms with E-state index in [2.05, 4.69) is 0 Å². The second-order valence-electron chi connectivity index (χ2n) is 3.90. The second kappa shape index (κ2) is 2.65. The molecule has 5 heteroatoms. The summed E-state index contributed by atoms with van der Waals surface area (Å²) >= 11 is 0. The van der Waals surface area contributed by atoms with Gasteiger partial charge in [0.25, 0.3) is 0 Å². The van der Waals surface area contributed by atoms with Gasteiger partial charge in [-0.05, 0) is 0 Å². The van der Waals surface area contributed by atoms with E-state index in [9.17, 15) is 14.3 Å². The van der Waals surface area contributed by atoms with Crippen molar-refractivity contribution in [2.75, 3.05) is 13.1 Å². The number of hydrogen-bond acceptors (Lipinski definition) is 3. The summed E-state index contributed by atoms with van der Waals surface area (Å²) in [5, 5.41) is 18.3. The molecule has 0 amide bonds. The molecule has 2 N–H and O–H groups in total. The molecule has 4 nitrogen and oxygen atoms in total. The fourth-order valence-corrected chi connectivity index (χ4v) is 2.45. The van der Waals surface area contributed by atoms with Crippen molar-refractivity contribution >= 4 is 5.97 Å². The largest absolute Gasteiger partial charge is 0.480 e. The predicted octanol–water partition coefficient (Wildman–Crippen LogP) is -0.382. The van der Waals surface area contributed by atoms with Crippen LogP contribution < -0.4 is 0 Å². The Hall–Kier alpha value is -0.680. The van der Waals surface area contributed by atoms with Crippen LogP contribution >= 0.6 is 0 Å². The van der Waals surface area contributed by atoms with Crippen molar-refractivity contribution < 1.29 is 19.4 Å². The number of rotatable bonds is 1. The van der Waals surface area contributed by atoms with Crippen molar-refractivity contribution in [2.24, 2.45) is 0 Å². The number of β-amino-alcohol motifs (C(OH)–C–C–N with tert-alkyl or cyclic N) is 1. The minimum Gasteiger partial charge on any atom is -0.480 e. The topological polar surface area (TPSA) is 60.8 Å². The zero-order valence-electron chi connectivity index (χ0n) is 7.11.